The van der Waals surface area contributed by atoms with Crippen LogP contribution in [0.1, 0.15) is 12.8 Å². The van der Waals surface area contributed by atoms with Crippen molar-refractivity contribution in [1.29, 1.82) is 0 Å². The van der Waals surface area contributed by atoms with E-state index in [4.69, 9.17) is 5.73 Å². The monoisotopic (exact) mass is 286 g/mol. The molecule has 2 rings (SSSR count). The maximum Gasteiger partial charge on any atom is 0.363 e. The highest BCUT2D eigenvalue weighted by molar-refractivity contribution is 7.89. The average Bonchev–Trinajstić information content (AvgIpc) is 3.20. The van der Waals surface area contributed by atoms with Crippen molar-refractivity contribution in [2.24, 2.45) is 11.7 Å². The van der Waals surface area contributed by atoms with E-state index >= 15 is 0 Å². The molecule has 9 heteroatoms. The van der Waals surface area contributed by atoms with E-state index in [9.17, 15) is 18.5 Å². The van der Waals surface area contributed by atoms with E-state index in [1.54, 1.807) is 0 Å². The molecule has 1 aromatic rings. The second-order valence-corrected chi connectivity index (χ2v) is 6.12. The van der Waals surface area contributed by atoms with Gasteiger partial charge in [0.1, 0.15) is 4.90 Å². The van der Waals surface area contributed by atoms with Gasteiger partial charge in [0.15, 0.2) is 6.20 Å². The molecule has 1 saturated carbocycles. The van der Waals surface area contributed by atoms with E-state index in [1.165, 1.54) is 0 Å². The van der Waals surface area contributed by atoms with Crippen molar-refractivity contribution < 1.29 is 13.3 Å². The van der Waals surface area contributed by atoms with Crippen LogP contribution in [0.2, 0.25) is 0 Å². The van der Waals surface area contributed by atoms with Gasteiger partial charge in [0.25, 0.3) is 0 Å². The number of nitro groups is 1. The highest BCUT2D eigenvalue weighted by atomic mass is 32.2. The van der Waals surface area contributed by atoms with Gasteiger partial charge in [0, 0.05) is 18.7 Å². The third-order valence-corrected chi connectivity index (χ3v) is 4.44. The largest absolute Gasteiger partial charge is 0.363 e. The van der Waals surface area contributed by atoms with Gasteiger partial charge in [0.2, 0.25) is 10.0 Å². The van der Waals surface area contributed by atoms with Crippen molar-refractivity contribution in [1.82, 2.24) is 9.71 Å². The van der Waals surface area contributed by atoms with Gasteiger partial charge in [0.05, 0.1) is 0 Å². The number of pyridine rings is 1. The molecule has 0 spiro atoms. The molecule has 1 heterocycles. The van der Waals surface area contributed by atoms with Crippen molar-refractivity contribution in [2.45, 2.75) is 23.8 Å². The molecule has 1 fully saturated rings. The Kier molecular flexibility index (Phi) is 3.78. The van der Waals surface area contributed by atoms with Crippen LogP contribution in [0.3, 0.4) is 0 Å². The summed E-state index contributed by atoms with van der Waals surface area (Å²) < 4.78 is 26.6. The molecule has 3 N–H and O–H groups in total. The fourth-order valence-corrected chi connectivity index (χ4v) is 3.00. The van der Waals surface area contributed by atoms with Gasteiger partial charge < -0.3 is 15.8 Å². The number of hydrogen-bond acceptors (Lipinski definition) is 6. The van der Waals surface area contributed by atoms with Crippen LogP contribution < -0.4 is 10.5 Å². The minimum Gasteiger partial charge on any atom is -0.358 e. The molecule has 0 radical (unpaired) electrons. The number of nitrogens with two attached hydrogens (primary N) is 1. The fourth-order valence-electron chi connectivity index (χ4n) is 1.74. The lowest BCUT2D eigenvalue weighted by Crippen LogP contribution is -2.41. The Morgan fingerprint density at radius 2 is 2.21 bits per heavy atom. The molecule has 104 valence electrons. The summed E-state index contributed by atoms with van der Waals surface area (Å²) in [7, 11) is -3.73. The Morgan fingerprint density at radius 3 is 2.63 bits per heavy atom. The first-order chi connectivity index (χ1) is 8.94. The van der Waals surface area contributed by atoms with Crippen LogP contribution in [0.4, 0.5) is 5.82 Å². The Hall–Kier alpha value is -1.58. The summed E-state index contributed by atoms with van der Waals surface area (Å²) in [5.74, 6) is -0.109. The molecule has 1 aliphatic carbocycles. The molecule has 1 aromatic heterocycles. The summed E-state index contributed by atoms with van der Waals surface area (Å²) in [5, 5.41) is 10.4. The van der Waals surface area contributed by atoms with E-state index in [1.807, 2.05) is 0 Å². The number of aromatic nitrogens is 1. The van der Waals surface area contributed by atoms with Crippen LogP contribution in [-0.4, -0.2) is 30.9 Å². The summed E-state index contributed by atoms with van der Waals surface area (Å²) in [4.78, 5) is 13.1. The minimum absolute atomic E-state index is 0.0998. The maximum atomic E-state index is 12.0. The van der Waals surface area contributed by atoms with Crippen molar-refractivity contribution in [3.8, 4) is 0 Å². The molecule has 1 unspecified atom stereocenters. The van der Waals surface area contributed by atoms with Gasteiger partial charge in [-0.2, -0.15) is 0 Å². The number of rotatable bonds is 6. The van der Waals surface area contributed by atoms with Crippen molar-refractivity contribution in [3.05, 3.63) is 28.4 Å². The van der Waals surface area contributed by atoms with Crippen molar-refractivity contribution in [2.75, 3.05) is 6.54 Å². The third kappa shape index (κ3) is 3.25. The van der Waals surface area contributed by atoms with Gasteiger partial charge in [-0.1, -0.05) is 0 Å². The average molecular weight is 286 g/mol. The second kappa shape index (κ2) is 5.19. The van der Waals surface area contributed by atoms with E-state index in [0.717, 1.165) is 31.2 Å². The Labute approximate surface area is 110 Å². The van der Waals surface area contributed by atoms with Crippen LogP contribution in [0.5, 0.6) is 0 Å². The van der Waals surface area contributed by atoms with E-state index in [2.05, 4.69) is 9.71 Å². The van der Waals surface area contributed by atoms with Gasteiger partial charge in [-0.3, -0.25) is 0 Å². The molecule has 8 nitrogen and oxygen atoms in total. The topological polar surface area (TPSA) is 128 Å². The molecule has 1 aliphatic rings. The van der Waals surface area contributed by atoms with Crippen LogP contribution in [0.25, 0.3) is 0 Å². The molecule has 1 atom stereocenters. The number of nitrogens with zero attached hydrogens (tertiary/aromatic N) is 2. The molecule has 0 aliphatic heterocycles. The van der Waals surface area contributed by atoms with E-state index in [-0.39, 0.29) is 23.4 Å². The van der Waals surface area contributed by atoms with Crippen LogP contribution in [-0.2, 0) is 10.0 Å². The van der Waals surface area contributed by atoms with Crippen LogP contribution >= 0.6 is 0 Å². The lowest BCUT2D eigenvalue weighted by atomic mass is 10.2. The smallest absolute Gasteiger partial charge is 0.358 e. The highest BCUT2D eigenvalue weighted by Gasteiger charge is 2.33. The number of sulfonamides is 1. The quantitative estimate of drug-likeness (QED) is 0.559. The van der Waals surface area contributed by atoms with Crippen molar-refractivity contribution in [3.63, 3.8) is 0 Å². The first kappa shape index (κ1) is 13.8. The second-order valence-electron chi connectivity index (χ2n) is 4.41. The summed E-state index contributed by atoms with van der Waals surface area (Å²) in [6, 6.07) is 1.93. The van der Waals surface area contributed by atoms with E-state index < -0.39 is 20.8 Å². The van der Waals surface area contributed by atoms with Gasteiger partial charge >= 0.3 is 5.82 Å². The Morgan fingerprint density at radius 1 is 1.53 bits per heavy atom. The normalized spacial score (nSPS) is 17.1. The third-order valence-electron chi connectivity index (χ3n) is 2.97. The zero-order valence-corrected chi connectivity index (χ0v) is 10.8. The predicted molar refractivity (Wildman–Crippen MR) is 66.8 cm³/mol. The fraction of sp³-hybridized carbons (Fsp3) is 0.500. The van der Waals surface area contributed by atoms with E-state index in [0.29, 0.717) is 0 Å². The molecule has 0 saturated heterocycles. The lowest BCUT2D eigenvalue weighted by Gasteiger charge is -2.15. The Balaban J connectivity index is 2.16. The lowest BCUT2D eigenvalue weighted by molar-refractivity contribution is -0.389. The van der Waals surface area contributed by atoms with Crippen LogP contribution in [0.15, 0.2) is 23.2 Å². The number of nitrogens with one attached hydrogen (secondary N) is 1. The van der Waals surface area contributed by atoms with Gasteiger partial charge in [-0.15, -0.1) is 0 Å². The predicted octanol–water partition coefficient (Wildman–Crippen LogP) is 0.00540. The SMILES string of the molecule is NCC(NS(=O)(=O)c1ccc([N+](=O)[O-])nc1)C1CC1. The number of hydrogen-bond donors (Lipinski definition) is 2. The summed E-state index contributed by atoms with van der Waals surface area (Å²) in [5.41, 5.74) is 5.53. The van der Waals surface area contributed by atoms with Crippen LogP contribution in [0, 0.1) is 16.0 Å². The molecular formula is C10H14N4O4S. The summed E-state index contributed by atoms with van der Waals surface area (Å²) in [6.07, 6.45) is 2.90. The van der Waals surface area contributed by atoms with Crippen molar-refractivity contribution >= 4 is 15.8 Å². The zero-order chi connectivity index (χ0) is 14.0. The summed E-state index contributed by atoms with van der Waals surface area (Å²) >= 11 is 0. The zero-order valence-electron chi connectivity index (χ0n) is 10.0. The summed E-state index contributed by atoms with van der Waals surface area (Å²) in [6.45, 7) is 0.226. The first-order valence-corrected chi connectivity index (χ1v) is 7.25. The first-order valence-electron chi connectivity index (χ1n) is 5.77. The molecule has 0 amide bonds. The Bertz CT molecular complexity index is 568. The van der Waals surface area contributed by atoms with Gasteiger partial charge in [-0.25, -0.2) is 13.1 Å². The molecule has 0 aromatic carbocycles. The molecular weight excluding hydrogens is 272 g/mol. The molecule has 0 bridgehead atoms. The maximum absolute atomic E-state index is 12.0. The standard InChI is InChI=1S/C10H14N4O4S/c11-5-9(7-1-2-7)13-19(17,18)8-3-4-10(12-6-8)14(15)16/h3-4,6-7,9,13H,1-2,5,11H2. The minimum atomic E-state index is -3.73. The van der Waals surface area contributed by atoms with Gasteiger partial charge in [-0.05, 0) is 34.7 Å². The molecule has 19 heavy (non-hydrogen) atoms. The highest BCUT2D eigenvalue weighted by Crippen LogP contribution is 2.32.